The number of hydrogen-bond donors (Lipinski definition) is 2. The predicted molar refractivity (Wildman–Crippen MR) is 104 cm³/mol. The maximum Gasteiger partial charge on any atom is 0.146 e. The molecule has 26 heavy (non-hydrogen) atoms. The molecule has 2 unspecified atom stereocenters. The van der Waals surface area contributed by atoms with Crippen LogP contribution in [0.5, 0.6) is 0 Å². The van der Waals surface area contributed by atoms with Gasteiger partial charge < -0.3 is 10.6 Å². The van der Waals surface area contributed by atoms with E-state index in [9.17, 15) is 0 Å². The Labute approximate surface area is 153 Å². The fourth-order valence-electron chi connectivity index (χ4n) is 3.63. The maximum absolute atomic E-state index is 4.60. The number of hydrogen-bond acceptors (Lipinski definition) is 6. The number of aromatic nitrogens is 3. The van der Waals surface area contributed by atoms with E-state index in [-0.39, 0.29) is 12.2 Å². The van der Waals surface area contributed by atoms with Crippen LogP contribution >= 0.6 is 0 Å². The molecule has 6 nitrogen and oxygen atoms in total. The van der Waals surface area contributed by atoms with Gasteiger partial charge in [0.15, 0.2) is 0 Å². The van der Waals surface area contributed by atoms with Gasteiger partial charge in [0.1, 0.15) is 11.6 Å². The molecule has 1 aliphatic rings. The molecule has 134 valence electrons. The summed E-state index contributed by atoms with van der Waals surface area (Å²) in [5.74, 6) is 1.80. The number of piperazine rings is 1. The molecular formula is C20H24N6. The Morgan fingerprint density at radius 3 is 2.81 bits per heavy atom. The largest absolute Gasteiger partial charge is 0.354 e. The minimum atomic E-state index is 0.150. The molecule has 0 amide bonds. The molecule has 2 N–H and O–H groups in total. The molecule has 1 aliphatic heterocycles. The van der Waals surface area contributed by atoms with E-state index in [2.05, 4.69) is 61.7 Å². The van der Waals surface area contributed by atoms with Crippen LogP contribution in [0.25, 0.3) is 10.8 Å². The van der Waals surface area contributed by atoms with Gasteiger partial charge in [-0.3, -0.25) is 4.90 Å². The lowest BCUT2D eigenvalue weighted by Crippen LogP contribution is -2.53. The fourth-order valence-corrected chi connectivity index (χ4v) is 3.63. The molecular weight excluding hydrogens is 324 g/mol. The third kappa shape index (κ3) is 3.38. The molecule has 2 atom stereocenters. The molecule has 1 fully saturated rings. The Morgan fingerprint density at radius 2 is 1.96 bits per heavy atom. The second-order valence-electron chi connectivity index (χ2n) is 6.51. The first-order valence-corrected chi connectivity index (χ1v) is 9.20. The molecule has 3 aromatic rings. The summed E-state index contributed by atoms with van der Waals surface area (Å²) in [6.07, 6.45) is 6.64. The van der Waals surface area contributed by atoms with Crippen molar-refractivity contribution in [2.24, 2.45) is 0 Å². The molecule has 0 saturated carbocycles. The number of anilines is 1. The van der Waals surface area contributed by atoms with Crippen molar-refractivity contribution in [3.05, 3.63) is 60.8 Å². The molecule has 1 aromatic carbocycles. The Kier molecular flexibility index (Phi) is 5.04. The van der Waals surface area contributed by atoms with Gasteiger partial charge in [-0.1, -0.05) is 31.2 Å². The average Bonchev–Trinajstić information content (AvgIpc) is 2.73. The number of nitrogens with zero attached hydrogens (tertiary/aromatic N) is 4. The lowest BCUT2D eigenvalue weighted by Gasteiger charge is -2.40. The van der Waals surface area contributed by atoms with Gasteiger partial charge in [0.2, 0.25) is 0 Å². The summed E-state index contributed by atoms with van der Waals surface area (Å²) in [5, 5.41) is 9.49. The topological polar surface area (TPSA) is 66.0 Å². The molecule has 0 bridgehead atoms. The van der Waals surface area contributed by atoms with Crippen LogP contribution in [0.1, 0.15) is 25.2 Å². The lowest BCUT2D eigenvalue weighted by molar-refractivity contribution is 0.111. The summed E-state index contributed by atoms with van der Waals surface area (Å²) >= 11 is 0. The van der Waals surface area contributed by atoms with Crippen molar-refractivity contribution in [3.8, 4) is 0 Å². The van der Waals surface area contributed by atoms with Crippen LogP contribution in [0, 0.1) is 0 Å². The van der Waals surface area contributed by atoms with Crippen molar-refractivity contribution >= 4 is 16.6 Å². The number of pyridine rings is 1. The third-order valence-corrected chi connectivity index (χ3v) is 4.93. The maximum atomic E-state index is 4.60. The van der Waals surface area contributed by atoms with Crippen LogP contribution in [-0.4, -0.2) is 45.7 Å². The van der Waals surface area contributed by atoms with Crippen molar-refractivity contribution in [2.75, 3.05) is 25.0 Å². The highest BCUT2D eigenvalue weighted by molar-refractivity contribution is 5.91. The van der Waals surface area contributed by atoms with Gasteiger partial charge in [-0.15, -0.1) is 0 Å². The average molecular weight is 348 g/mol. The van der Waals surface area contributed by atoms with E-state index in [0.717, 1.165) is 43.1 Å². The zero-order valence-electron chi connectivity index (χ0n) is 15.0. The molecule has 3 heterocycles. The van der Waals surface area contributed by atoms with E-state index >= 15 is 0 Å². The van der Waals surface area contributed by atoms with Crippen LogP contribution in [-0.2, 0) is 0 Å². The van der Waals surface area contributed by atoms with Crippen LogP contribution in [0.15, 0.2) is 55.0 Å². The van der Waals surface area contributed by atoms with Gasteiger partial charge in [-0.05, 0) is 23.9 Å². The van der Waals surface area contributed by atoms with Crippen LogP contribution in [0.4, 0.5) is 5.82 Å². The number of rotatable bonds is 5. The Balaban J connectivity index is 1.63. The van der Waals surface area contributed by atoms with Gasteiger partial charge in [-0.2, -0.15) is 0 Å². The molecule has 0 radical (unpaired) electrons. The zero-order chi connectivity index (χ0) is 17.8. The highest BCUT2D eigenvalue weighted by Crippen LogP contribution is 2.26. The van der Waals surface area contributed by atoms with E-state index < -0.39 is 0 Å². The van der Waals surface area contributed by atoms with Crippen molar-refractivity contribution in [2.45, 2.75) is 25.6 Å². The minimum Gasteiger partial charge on any atom is -0.354 e. The predicted octanol–water partition coefficient (Wildman–Crippen LogP) is 2.82. The molecule has 2 aromatic heterocycles. The smallest absolute Gasteiger partial charge is 0.146 e. The van der Waals surface area contributed by atoms with E-state index in [1.807, 2.05) is 30.7 Å². The minimum absolute atomic E-state index is 0.150. The summed E-state index contributed by atoms with van der Waals surface area (Å²) in [4.78, 5) is 16.0. The number of fused-ring (bicyclic) bond motifs is 1. The van der Waals surface area contributed by atoms with Crippen molar-refractivity contribution < 1.29 is 0 Å². The van der Waals surface area contributed by atoms with E-state index in [0.29, 0.717) is 0 Å². The van der Waals surface area contributed by atoms with E-state index in [4.69, 9.17) is 0 Å². The normalized spacial score (nSPS) is 19.3. The molecule has 0 aliphatic carbocycles. The van der Waals surface area contributed by atoms with Gasteiger partial charge >= 0.3 is 0 Å². The Bertz CT molecular complexity index is 848. The first kappa shape index (κ1) is 16.9. The summed E-state index contributed by atoms with van der Waals surface area (Å²) < 4.78 is 0. The fraction of sp³-hybridized carbons (Fsp3) is 0.350. The first-order chi connectivity index (χ1) is 12.9. The summed E-state index contributed by atoms with van der Waals surface area (Å²) in [6, 6.07) is 12.4. The van der Waals surface area contributed by atoms with Gasteiger partial charge in [-0.25, -0.2) is 15.0 Å². The highest BCUT2D eigenvalue weighted by Gasteiger charge is 2.31. The molecule has 4 rings (SSSR count). The van der Waals surface area contributed by atoms with Crippen LogP contribution in [0.3, 0.4) is 0 Å². The highest BCUT2D eigenvalue weighted by atomic mass is 15.3. The molecule has 1 saturated heterocycles. The summed E-state index contributed by atoms with van der Waals surface area (Å²) in [6.45, 7) is 4.96. The van der Waals surface area contributed by atoms with Crippen LogP contribution in [0.2, 0.25) is 0 Å². The Morgan fingerprint density at radius 1 is 1.12 bits per heavy atom. The monoisotopic (exact) mass is 348 g/mol. The van der Waals surface area contributed by atoms with Gasteiger partial charge in [0.25, 0.3) is 0 Å². The van der Waals surface area contributed by atoms with E-state index in [1.165, 1.54) is 5.39 Å². The summed E-state index contributed by atoms with van der Waals surface area (Å²) in [7, 11) is 0. The molecule has 6 heteroatoms. The molecule has 0 spiro atoms. The second-order valence-corrected chi connectivity index (χ2v) is 6.51. The Hall–Kier alpha value is -2.57. The van der Waals surface area contributed by atoms with E-state index in [1.54, 1.807) is 0 Å². The van der Waals surface area contributed by atoms with Gasteiger partial charge in [0, 0.05) is 43.6 Å². The third-order valence-electron chi connectivity index (χ3n) is 4.93. The van der Waals surface area contributed by atoms with Crippen molar-refractivity contribution in [1.29, 1.82) is 0 Å². The summed E-state index contributed by atoms with van der Waals surface area (Å²) in [5.41, 5.74) is 0. The number of benzene rings is 1. The number of nitrogens with one attached hydrogen (secondary N) is 2. The standard InChI is InChI=1S/C20H24N6/c1-2-18(25-19-16-7-4-3-6-15(16)8-11-24-19)26-13-12-21-14-17(26)20-22-9-5-10-23-20/h3-11,17-18,21H,2,12-14H2,1H3,(H,24,25). The second kappa shape index (κ2) is 7.76. The van der Waals surface area contributed by atoms with Crippen LogP contribution < -0.4 is 10.6 Å². The SMILES string of the molecule is CCC(Nc1nccc2ccccc12)N1CCNCC1c1ncccn1. The zero-order valence-corrected chi connectivity index (χ0v) is 15.0. The van der Waals surface area contributed by atoms with Crippen molar-refractivity contribution in [1.82, 2.24) is 25.2 Å². The van der Waals surface area contributed by atoms with Gasteiger partial charge in [0.05, 0.1) is 12.2 Å². The van der Waals surface area contributed by atoms with Crippen molar-refractivity contribution in [3.63, 3.8) is 0 Å². The lowest BCUT2D eigenvalue weighted by atomic mass is 10.1. The quantitative estimate of drug-likeness (QED) is 0.739. The first-order valence-electron chi connectivity index (χ1n) is 9.20.